The maximum atomic E-state index is 12.6. The molecule has 0 radical (unpaired) electrons. The number of hydrogen-bond acceptors (Lipinski definition) is 7. The molecule has 1 unspecified atom stereocenters. The maximum Gasteiger partial charge on any atom is 0.454 e. The SMILES string of the molecule is CCOC(=O)N(OC(=O)CCCc1ccccc1)C(=N)[N+](C)(OC(C)=O)C1CCCCC1. The van der Waals surface area contributed by atoms with Gasteiger partial charge < -0.3 is 9.57 Å². The van der Waals surface area contributed by atoms with Crippen molar-refractivity contribution in [2.75, 3.05) is 13.7 Å². The fraction of sp³-hybridized carbons (Fsp3) is 0.565. The van der Waals surface area contributed by atoms with Crippen molar-refractivity contribution >= 4 is 24.0 Å². The number of rotatable bonds is 6. The number of quaternary nitrogens is 1. The molecule has 0 saturated heterocycles. The van der Waals surface area contributed by atoms with Gasteiger partial charge in [-0.25, -0.2) is 19.8 Å². The summed E-state index contributed by atoms with van der Waals surface area (Å²) in [6, 6.07) is 9.49. The van der Waals surface area contributed by atoms with Gasteiger partial charge in [-0.05, 0) is 43.2 Å². The number of hydrogen-bond donors (Lipinski definition) is 1. The topological polar surface area (TPSA) is 106 Å². The van der Waals surface area contributed by atoms with Crippen LogP contribution in [0.25, 0.3) is 0 Å². The number of hydroxylamine groups is 5. The number of aryl methyl sites for hydroxylation is 1. The molecule has 176 valence electrons. The zero-order valence-electron chi connectivity index (χ0n) is 19.2. The van der Waals surface area contributed by atoms with Crippen LogP contribution in [-0.2, 0) is 30.4 Å². The van der Waals surface area contributed by atoms with E-state index in [0.29, 0.717) is 30.7 Å². The number of benzene rings is 1. The fourth-order valence-electron chi connectivity index (χ4n) is 3.89. The molecule has 1 aromatic carbocycles. The van der Waals surface area contributed by atoms with E-state index in [2.05, 4.69) is 0 Å². The molecule has 1 aromatic rings. The molecule has 1 saturated carbocycles. The summed E-state index contributed by atoms with van der Waals surface area (Å²) in [5, 5.41) is 9.21. The minimum absolute atomic E-state index is 0.0366. The standard InChI is InChI=1S/C23H34N3O6/c1-4-30-23(29)25(31-21(28)17-11-14-19-12-7-5-8-13-19)22(24)26(3,32-18(2)27)20-15-9-6-10-16-20/h5,7-8,12-13,20,24H,4,6,9-11,14-17H2,1-3H3/q+1. The van der Waals surface area contributed by atoms with Crippen molar-refractivity contribution in [3.05, 3.63) is 35.9 Å². The summed E-state index contributed by atoms with van der Waals surface area (Å²) in [6.45, 7) is 2.90. The predicted octanol–water partition coefficient (Wildman–Crippen LogP) is 4.12. The van der Waals surface area contributed by atoms with Crippen LogP contribution in [-0.4, -0.2) is 53.4 Å². The minimum Gasteiger partial charge on any atom is -0.447 e. The van der Waals surface area contributed by atoms with Crippen molar-refractivity contribution in [1.29, 1.82) is 5.41 Å². The third-order valence-corrected chi connectivity index (χ3v) is 5.52. The summed E-state index contributed by atoms with van der Waals surface area (Å²) in [5.74, 6) is -1.74. The van der Waals surface area contributed by atoms with E-state index in [1.165, 1.54) is 14.0 Å². The second-order valence-electron chi connectivity index (χ2n) is 7.98. The van der Waals surface area contributed by atoms with Gasteiger partial charge in [-0.3, -0.25) is 4.84 Å². The van der Waals surface area contributed by atoms with E-state index >= 15 is 0 Å². The number of ether oxygens (including phenoxy) is 1. The molecule has 1 aliphatic rings. The largest absolute Gasteiger partial charge is 0.454 e. The predicted molar refractivity (Wildman–Crippen MR) is 117 cm³/mol. The molecule has 2 rings (SSSR count). The molecule has 1 aliphatic carbocycles. The lowest BCUT2D eigenvalue weighted by Gasteiger charge is -2.39. The molecule has 0 aromatic heterocycles. The number of nitrogens with zero attached hydrogens (tertiary/aromatic N) is 2. The number of nitrogens with one attached hydrogen (secondary N) is 1. The highest BCUT2D eigenvalue weighted by Gasteiger charge is 2.49. The van der Waals surface area contributed by atoms with E-state index < -0.39 is 28.6 Å². The van der Waals surface area contributed by atoms with Gasteiger partial charge in [0, 0.05) is 26.2 Å². The average Bonchev–Trinajstić information content (AvgIpc) is 2.78. The van der Waals surface area contributed by atoms with E-state index in [-0.39, 0.29) is 19.1 Å². The normalized spacial score (nSPS) is 15.8. The van der Waals surface area contributed by atoms with E-state index in [1.807, 2.05) is 30.3 Å². The van der Waals surface area contributed by atoms with Crippen LogP contribution >= 0.6 is 0 Å². The van der Waals surface area contributed by atoms with E-state index in [0.717, 1.165) is 24.8 Å². The zero-order valence-corrected chi connectivity index (χ0v) is 19.2. The van der Waals surface area contributed by atoms with E-state index in [1.54, 1.807) is 6.92 Å². The summed E-state index contributed by atoms with van der Waals surface area (Å²) in [4.78, 5) is 47.7. The maximum absolute atomic E-state index is 12.6. The fourth-order valence-corrected chi connectivity index (χ4v) is 3.89. The molecule has 32 heavy (non-hydrogen) atoms. The van der Waals surface area contributed by atoms with Crippen LogP contribution in [0.1, 0.15) is 64.4 Å². The lowest BCUT2D eigenvalue weighted by Crippen LogP contribution is -2.63. The number of carbonyl (C=O) groups excluding carboxylic acids is 3. The summed E-state index contributed by atoms with van der Waals surface area (Å²) in [7, 11) is 1.54. The number of guanidine groups is 1. The molecule has 1 N–H and O–H groups in total. The lowest BCUT2D eigenvalue weighted by molar-refractivity contribution is -1.03. The van der Waals surface area contributed by atoms with Gasteiger partial charge in [0.05, 0.1) is 6.61 Å². The summed E-state index contributed by atoms with van der Waals surface area (Å²) >= 11 is 0. The summed E-state index contributed by atoms with van der Waals surface area (Å²) < 4.78 is 4.41. The quantitative estimate of drug-likeness (QED) is 0.304. The number of amides is 1. The van der Waals surface area contributed by atoms with Crippen molar-refractivity contribution < 1.29 is 33.4 Å². The van der Waals surface area contributed by atoms with Crippen molar-refractivity contribution in [2.24, 2.45) is 0 Å². The monoisotopic (exact) mass is 448 g/mol. The van der Waals surface area contributed by atoms with E-state index in [4.69, 9.17) is 19.8 Å². The minimum atomic E-state index is -0.999. The Morgan fingerprint density at radius 3 is 2.38 bits per heavy atom. The average molecular weight is 449 g/mol. The third kappa shape index (κ3) is 7.05. The molecule has 9 nitrogen and oxygen atoms in total. The number of carbonyl (C=O) groups is 3. The Morgan fingerprint density at radius 1 is 1.12 bits per heavy atom. The molecular weight excluding hydrogens is 414 g/mol. The van der Waals surface area contributed by atoms with E-state index in [9.17, 15) is 14.4 Å². The van der Waals surface area contributed by atoms with Crippen LogP contribution in [0.3, 0.4) is 0 Å². The Balaban J connectivity index is 2.13. The Labute approximate surface area is 189 Å². The molecule has 9 heteroatoms. The van der Waals surface area contributed by atoms with Crippen molar-refractivity contribution in [3.63, 3.8) is 0 Å². The molecular formula is C23H34N3O6+. The first-order chi connectivity index (χ1) is 15.3. The molecule has 1 amide bonds. The van der Waals surface area contributed by atoms with Crippen LogP contribution in [0.4, 0.5) is 4.79 Å². The van der Waals surface area contributed by atoms with Crippen LogP contribution in [0.15, 0.2) is 30.3 Å². The first-order valence-corrected chi connectivity index (χ1v) is 11.1. The molecule has 0 aliphatic heterocycles. The van der Waals surface area contributed by atoms with Gasteiger partial charge in [0.1, 0.15) is 13.1 Å². The van der Waals surface area contributed by atoms with Gasteiger partial charge in [0.15, 0.2) is 0 Å². The smallest absolute Gasteiger partial charge is 0.447 e. The molecule has 1 atom stereocenters. The Bertz CT molecular complexity index is 794. The van der Waals surface area contributed by atoms with Crippen LogP contribution in [0.2, 0.25) is 0 Å². The van der Waals surface area contributed by atoms with Crippen molar-refractivity contribution in [3.8, 4) is 0 Å². The highest BCUT2D eigenvalue weighted by Crippen LogP contribution is 2.29. The summed E-state index contributed by atoms with van der Waals surface area (Å²) in [5.41, 5.74) is 1.09. The van der Waals surface area contributed by atoms with Crippen molar-refractivity contribution in [1.82, 2.24) is 5.06 Å². The van der Waals surface area contributed by atoms with Gasteiger partial charge in [0.25, 0.3) is 0 Å². The highest BCUT2D eigenvalue weighted by molar-refractivity contribution is 5.89. The van der Waals surface area contributed by atoms with Crippen LogP contribution in [0, 0.1) is 5.41 Å². The first-order valence-electron chi connectivity index (χ1n) is 11.1. The highest BCUT2D eigenvalue weighted by atomic mass is 16.8. The van der Waals surface area contributed by atoms with Gasteiger partial charge in [-0.1, -0.05) is 41.4 Å². The van der Waals surface area contributed by atoms with Gasteiger partial charge in [-0.2, -0.15) is 0 Å². The Hall–Kier alpha value is -2.94. The molecule has 0 heterocycles. The zero-order chi connectivity index (χ0) is 23.6. The molecule has 1 fully saturated rings. The van der Waals surface area contributed by atoms with Crippen molar-refractivity contribution in [2.45, 2.75) is 71.3 Å². The lowest BCUT2D eigenvalue weighted by atomic mass is 9.94. The Kier molecular flexibility index (Phi) is 9.64. The second kappa shape index (κ2) is 12.2. The Morgan fingerprint density at radius 2 is 1.78 bits per heavy atom. The summed E-state index contributed by atoms with van der Waals surface area (Å²) in [6.07, 6.45) is 4.59. The second-order valence-corrected chi connectivity index (χ2v) is 7.98. The van der Waals surface area contributed by atoms with Gasteiger partial charge >= 0.3 is 24.0 Å². The molecule has 0 spiro atoms. The van der Waals surface area contributed by atoms with Gasteiger partial charge in [-0.15, -0.1) is 0 Å². The third-order valence-electron chi connectivity index (χ3n) is 5.52. The first kappa shape index (κ1) is 25.3. The van der Waals surface area contributed by atoms with Crippen LogP contribution < -0.4 is 0 Å². The molecule has 0 bridgehead atoms. The van der Waals surface area contributed by atoms with Crippen LogP contribution in [0.5, 0.6) is 0 Å². The van der Waals surface area contributed by atoms with Gasteiger partial charge in [0.2, 0.25) is 0 Å².